The number of hydrogen-bond donors (Lipinski definition) is 2. The van der Waals surface area contributed by atoms with E-state index in [-0.39, 0.29) is 17.4 Å². The van der Waals surface area contributed by atoms with Crippen LogP contribution in [0.15, 0.2) is 23.2 Å². The molecule has 0 atom stereocenters. The molecule has 0 amide bonds. The monoisotopic (exact) mass is 183 g/mol. The summed E-state index contributed by atoms with van der Waals surface area (Å²) < 4.78 is 18.0. The van der Waals surface area contributed by atoms with Gasteiger partial charge in [-0.25, -0.2) is 9.38 Å². The summed E-state index contributed by atoms with van der Waals surface area (Å²) in [5.74, 6) is -0.645. The lowest BCUT2D eigenvalue weighted by molar-refractivity contribution is 0.387. The molecule has 0 heterocycles. The maximum absolute atomic E-state index is 13.3. The van der Waals surface area contributed by atoms with E-state index in [1.165, 1.54) is 19.2 Å². The van der Waals surface area contributed by atoms with Crippen LogP contribution in [-0.2, 0) is 0 Å². The Labute approximate surface area is 75.0 Å². The van der Waals surface area contributed by atoms with Crippen LogP contribution in [-0.4, -0.2) is 13.1 Å². The van der Waals surface area contributed by atoms with E-state index in [2.05, 4.69) is 4.99 Å². The highest BCUT2D eigenvalue weighted by molar-refractivity contribution is 5.79. The van der Waals surface area contributed by atoms with Gasteiger partial charge in [0.2, 0.25) is 0 Å². The Hall–Kier alpha value is -1.78. The molecular formula is C8H10FN3O. The average molecular weight is 183 g/mol. The van der Waals surface area contributed by atoms with Crippen LogP contribution in [0.25, 0.3) is 0 Å². The van der Waals surface area contributed by atoms with Gasteiger partial charge in [0.05, 0.1) is 7.11 Å². The maximum atomic E-state index is 13.3. The van der Waals surface area contributed by atoms with E-state index in [1.807, 2.05) is 0 Å². The number of nitrogens with two attached hydrogens (primary N) is 2. The molecule has 0 saturated heterocycles. The molecule has 4 N–H and O–H groups in total. The fourth-order valence-corrected chi connectivity index (χ4v) is 0.882. The topological polar surface area (TPSA) is 73.6 Å². The van der Waals surface area contributed by atoms with Crippen LogP contribution in [0.3, 0.4) is 0 Å². The van der Waals surface area contributed by atoms with Gasteiger partial charge in [0.15, 0.2) is 17.5 Å². The average Bonchev–Trinajstić information content (AvgIpc) is 2.08. The number of methoxy groups -OCH3 is 1. The summed E-state index contributed by atoms with van der Waals surface area (Å²) in [5.41, 5.74) is 10.3. The van der Waals surface area contributed by atoms with Crippen molar-refractivity contribution in [3.8, 4) is 5.75 Å². The van der Waals surface area contributed by atoms with Crippen LogP contribution in [0.5, 0.6) is 5.75 Å². The molecule has 4 nitrogen and oxygen atoms in total. The number of halogens is 1. The maximum Gasteiger partial charge on any atom is 0.191 e. The fourth-order valence-electron chi connectivity index (χ4n) is 0.882. The Morgan fingerprint density at radius 1 is 1.46 bits per heavy atom. The van der Waals surface area contributed by atoms with E-state index in [9.17, 15) is 4.39 Å². The molecule has 0 radical (unpaired) electrons. The number of rotatable bonds is 2. The van der Waals surface area contributed by atoms with E-state index < -0.39 is 5.82 Å². The van der Waals surface area contributed by atoms with E-state index in [1.54, 1.807) is 6.07 Å². The van der Waals surface area contributed by atoms with Gasteiger partial charge in [-0.2, -0.15) is 0 Å². The van der Waals surface area contributed by atoms with E-state index in [4.69, 9.17) is 16.2 Å². The van der Waals surface area contributed by atoms with Gasteiger partial charge in [0.25, 0.3) is 0 Å². The van der Waals surface area contributed by atoms with Crippen molar-refractivity contribution in [2.45, 2.75) is 0 Å². The number of nitrogens with zero attached hydrogens (tertiary/aromatic N) is 1. The first-order chi connectivity index (χ1) is 6.15. The second kappa shape index (κ2) is 3.75. The highest BCUT2D eigenvalue weighted by Gasteiger charge is 2.06. The number of benzene rings is 1. The van der Waals surface area contributed by atoms with Crippen molar-refractivity contribution in [1.82, 2.24) is 0 Å². The molecule has 13 heavy (non-hydrogen) atoms. The molecule has 1 aromatic rings. The third-order valence-corrected chi connectivity index (χ3v) is 1.41. The predicted molar refractivity (Wildman–Crippen MR) is 48.4 cm³/mol. The van der Waals surface area contributed by atoms with Crippen LogP contribution in [0.4, 0.5) is 10.1 Å². The first-order valence-electron chi connectivity index (χ1n) is 3.57. The lowest BCUT2D eigenvalue weighted by Gasteiger charge is -2.03. The van der Waals surface area contributed by atoms with Gasteiger partial charge < -0.3 is 16.2 Å². The normalized spacial score (nSPS) is 9.38. The van der Waals surface area contributed by atoms with Gasteiger partial charge in [-0.05, 0) is 12.1 Å². The zero-order valence-electron chi connectivity index (χ0n) is 7.12. The van der Waals surface area contributed by atoms with Crippen molar-refractivity contribution in [2.24, 2.45) is 16.5 Å². The summed E-state index contributed by atoms with van der Waals surface area (Å²) in [7, 11) is 1.37. The van der Waals surface area contributed by atoms with E-state index >= 15 is 0 Å². The third-order valence-electron chi connectivity index (χ3n) is 1.41. The third kappa shape index (κ3) is 2.08. The van der Waals surface area contributed by atoms with Crippen molar-refractivity contribution in [3.05, 3.63) is 24.0 Å². The van der Waals surface area contributed by atoms with E-state index in [0.29, 0.717) is 0 Å². The number of ether oxygens (including phenoxy) is 1. The Kier molecular flexibility index (Phi) is 2.69. The summed E-state index contributed by atoms with van der Waals surface area (Å²) in [5, 5.41) is 0. The minimum Gasteiger partial charge on any atom is -0.494 e. The van der Waals surface area contributed by atoms with Crippen LogP contribution in [0, 0.1) is 5.82 Å². The van der Waals surface area contributed by atoms with Crippen molar-refractivity contribution < 1.29 is 9.13 Å². The zero-order chi connectivity index (χ0) is 9.84. The van der Waals surface area contributed by atoms with Crippen molar-refractivity contribution in [3.63, 3.8) is 0 Å². The molecule has 0 bridgehead atoms. The summed E-state index contributed by atoms with van der Waals surface area (Å²) in [4.78, 5) is 3.58. The molecule has 0 aliphatic carbocycles. The van der Waals surface area contributed by atoms with Gasteiger partial charge in [0, 0.05) is 0 Å². The van der Waals surface area contributed by atoms with Gasteiger partial charge >= 0.3 is 0 Å². The minimum absolute atomic E-state index is 0.0688. The van der Waals surface area contributed by atoms with E-state index in [0.717, 1.165) is 0 Å². The van der Waals surface area contributed by atoms with Crippen LogP contribution in [0.1, 0.15) is 0 Å². The highest BCUT2D eigenvalue weighted by Crippen LogP contribution is 2.25. The molecule has 0 aliphatic heterocycles. The minimum atomic E-state index is -0.571. The number of aliphatic imine (C=N–C) groups is 1. The molecule has 1 rings (SSSR count). The van der Waals surface area contributed by atoms with Gasteiger partial charge in [0.1, 0.15) is 5.69 Å². The summed E-state index contributed by atoms with van der Waals surface area (Å²) in [6.07, 6.45) is 0. The number of guanidine groups is 1. The smallest absolute Gasteiger partial charge is 0.191 e. The molecular weight excluding hydrogens is 173 g/mol. The number of hydrogen-bond acceptors (Lipinski definition) is 2. The summed E-state index contributed by atoms with van der Waals surface area (Å²) in [6.45, 7) is 0. The second-order valence-corrected chi connectivity index (χ2v) is 2.33. The van der Waals surface area contributed by atoms with Gasteiger partial charge in [-0.3, -0.25) is 0 Å². The Balaban J connectivity index is 3.16. The molecule has 0 aliphatic rings. The summed E-state index contributed by atoms with van der Waals surface area (Å²) >= 11 is 0. The van der Waals surface area contributed by atoms with Crippen molar-refractivity contribution in [1.29, 1.82) is 0 Å². The van der Waals surface area contributed by atoms with Gasteiger partial charge in [-0.1, -0.05) is 6.07 Å². The lowest BCUT2D eigenvalue weighted by atomic mass is 10.3. The molecule has 1 aromatic carbocycles. The quantitative estimate of drug-likeness (QED) is 0.524. The van der Waals surface area contributed by atoms with Crippen molar-refractivity contribution >= 4 is 11.6 Å². The molecule has 0 aromatic heterocycles. The molecule has 5 heteroatoms. The molecule has 0 fully saturated rings. The Morgan fingerprint density at radius 2 is 2.15 bits per heavy atom. The second-order valence-electron chi connectivity index (χ2n) is 2.33. The highest BCUT2D eigenvalue weighted by atomic mass is 19.1. The molecule has 0 saturated carbocycles. The SMILES string of the molecule is COc1cccc(N=C(N)N)c1F. The lowest BCUT2D eigenvalue weighted by Crippen LogP contribution is -2.22. The van der Waals surface area contributed by atoms with Crippen LogP contribution < -0.4 is 16.2 Å². The predicted octanol–water partition coefficient (Wildman–Crippen LogP) is 0.739. The Bertz CT molecular complexity index is 334. The Morgan fingerprint density at radius 3 is 2.69 bits per heavy atom. The van der Waals surface area contributed by atoms with Crippen LogP contribution in [0.2, 0.25) is 0 Å². The first-order valence-corrected chi connectivity index (χ1v) is 3.57. The van der Waals surface area contributed by atoms with Crippen LogP contribution >= 0.6 is 0 Å². The standard InChI is InChI=1S/C8H10FN3O/c1-13-6-4-2-3-5(7(6)9)12-8(10)11/h2-4H,1H3,(H4,10,11,12). The molecule has 0 spiro atoms. The van der Waals surface area contributed by atoms with Crippen molar-refractivity contribution in [2.75, 3.05) is 7.11 Å². The zero-order valence-corrected chi connectivity index (χ0v) is 7.12. The molecule has 70 valence electrons. The fraction of sp³-hybridized carbons (Fsp3) is 0.125. The molecule has 0 unspecified atom stereocenters. The largest absolute Gasteiger partial charge is 0.494 e. The summed E-state index contributed by atoms with van der Waals surface area (Å²) in [6, 6.07) is 4.54. The van der Waals surface area contributed by atoms with Gasteiger partial charge in [-0.15, -0.1) is 0 Å². The first kappa shape index (κ1) is 9.31.